The number of hydrogen-bond donors (Lipinski definition) is 1. The Labute approximate surface area is 159 Å². The average molecular weight is 379 g/mol. The molecule has 1 unspecified atom stereocenters. The molecular weight excluding hydrogens is 362 g/mol. The number of carbonyl (C=O) groups is 1. The van der Waals surface area contributed by atoms with Gasteiger partial charge >= 0.3 is 0 Å². The number of aryl methyl sites for hydroxylation is 1. The van der Waals surface area contributed by atoms with Crippen molar-refractivity contribution in [2.24, 2.45) is 0 Å². The van der Waals surface area contributed by atoms with Crippen LogP contribution in [0.25, 0.3) is 11.3 Å². The van der Waals surface area contributed by atoms with Crippen LogP contribution < -0.4 is 10.9 Å². The maximum Gasteiger partial charge on any atom is 0.269 e. The normalized spacial score (nSPS) is 11.6. The lowest BCUT2D eigenvalue weighted by molar-refractivity contribution is -0.384. The zero-order chi connectivity index (χ0) is 20.3. The van der Waals surface area contributed by atoms with Gasteiger partial charge in [-0.2, -0.15) is 5.10 Å². The Morgan fingerprint density at radius 1 is 1.18 bits per heavy atom. The van der Waals surface area contributed by atoms with Gasteiger partial charge in [0.15, 0.2) is 0 Å². The number of nitrogens with zero attached hydrogens (tertiary/aromatic N) is 4. The maximum atomic E-state index is 12.6. The van der Waals surface area contributed by atoms with Crippen LogP contribution in [0.4, 0.5) is 11.4 Å². The van der Waals surface area contributed by atoms with Gasteiger partial charge in [-0.05, 0) is 43.7 Å². The van der Waals surface area contributed by atoms with Crippen LogP contribution in [0.5, 0.6) is 0 Å². The van der Waals surface area contributed by atoms with Gasteiger partial charge in [0.1, 0.15) is 6.04 Å². The van der Waals surface area contributed by atoms with Gasteiger partial charge in [0, 0.05) is 41.8 Å². The summed E-state index contributed by atoms with van der Waals surface area (Å²) in [5.41, 5.74) is 1.80. The monoisotopic (exact) mass is 379 g/mol. The van der Waals surface area contributed by atoms with Gasteiger partial charge in [0.2, 0.25) is 5.91 Å². The molecule has 0 aliphatic carbocycles. The minimum atomic E-state index is -0.885. The first-order valence-electron chi connectivity index (χ1n) is 8.43. The molecule has 0 bridgehead atoms. The largest absolute Gasteiger partial charge is 0.324 e. The van der Waals surface area contributed by atoms with Crippen molar-refractivity contribution in [1.29, 1.82) is 0 Å². The predicted molar refractivity (Wildman–Crippen MR) is 103 cm³/mol. The van der Waals surface area contributed by atoms with E-state index in [0.29, 0.717) is 16.9 Å². The molecule has 0 fully saturated rings. The summed E-state index contributed by atoms with van der Waals surface area (Å²) in [5.74, 6) is -0.460. The fourth-order valence-corrected chi connectivity index (χ4v) is 2.63. The lowest BCUT2D eigenvalue weighted by atomic mass is 10.1. The summed E-state index contributed by atoms with van der Waals surface area (Å²) in [6.07, 6.45) is 3.22. The van der Waals surface area contributed by atoms with Crippen LogP contribution in [0.2, 0.25) is 0 Å². The van der Waals surface area contributed by atoms with Crippen LogP contribution in [0.3, 0.4) is 0 Å². The van der Waals surface area contributed by atoms with Gasteiger partial charge in [-0.15, -0.1) is 0 Å². The second kappa shape index (κ2) is 7.78. The number of benzene rings is 1. The highest BCUT2D eigenvalue weighted by Gasteiger charge is 2.19. The fourth-order valence-electron chi connectivity index (χ4n) is 2.63. The van der Waals surface area contributed by atoms with Crippen molar-refractivity contribution in [2.75, 3.05) is 5.32 Å². The Hall–Kier alpha value is -3.88. The van der Waals surface area contributed by atoms with E-state index in [4.69, 9.17) is 0 Å². The molecule has 0 saturated heterocycles. The van der Waals surface area contributed by atoms with Gasteiger partial charge in [-0.25, -0.2) is 4.68 Å². The summed E-state index contributed by atoms with van der Waals surface area (Å²) < 4.78 is 1.10. The van der Waals surface area contributed by atoms with E-state index in [2.05, 4.69) is 15.4 Å². The molecule has 3 rings (SSSR count). The lowest BCUT2D eigenvalue weighted by Gasteiger charge is -2.16. The van der Waals surface area contributed by atoms with E-state index in [1.807, 2.05) is 0 Å². The molecule has 2 heterocycles. The Morgan fingerprint density at radius 3 is 2.54 bits per heavy atom. The number of nitro groups is 1. The first-order valence-corrected chi connectivity index (χ1v) is 8.43. The zero-order valence-corrected chi connectivity index (χ0v) is 15.2. The Balaban J connectivity index is 1.86. The molecule has 0 aliphatic rings. The number of amides is 1. The van der Waals surface area contributed by atoms with Gasteiger partial charge < -0.3 is 5.32 Å². The molecule has 1 atom stereocenters. The summed E-state index contributed by atoms with van der Waals surface area (Å²) in [4.78, 5) is 39.1. The van der Waals surface area contributed by atoms with E-state index in [1.165, 1.54) is 24.3 Å². The second-order valence-corrected chi connectivity index (χ2v) is 6.16. The van der Waals surface area contributed by atoms with Gasteiger partial charge in [-0.3, -0.25) is 24.7 Å². The SMILES string of the molecule is Cc1cc([N+](=O)[O-])ccc1NC(=O)C(C)n1nc(-c2ccncc2)ccc1=O. The van der Waals surface area contributed by atoms with Crippen LogP contribution in [-0.4, -0.2) is 25.6 Å². The molecule has 0 aliphatic heterocycles. The number of carbonyl (C=O) groups excluding carboxylic acids is 1. The average Bonchev–Trinajstić information content (AvgIpc) is 2.69. The van der Waals surface area contributed by atoms with Gasteiger partial charge in [0.05, 0.1) is 10.6 Å². The molecular formula is C19H17N5O4. The highest BCUT2D eigenvalue weighted by Crippen LogP contribution is 2.22. The molecule has 0 saturated carbocycles. The first-order chi connectivity index (χ1) is 13.4. The van der Waals surface area contributed by atoms with Crippen LogP contribution in [0.15, 0.2) is 59.7 Å². The molecule has 1 aromatic carbocycles. The third-order valence-corrected chi connectivity index (χ3v) is 4.23. The van der Waals surface area contributed by atoms with Crippen molar-refractivity contribution in [3.63, 3.8) is 0 Å². The fraction of sp³-hybridized carbons (Fsp3) is 0.158. The molecule has 1 amide bonds. The summed E-state index contributed by atoms with van der Waals surface area (Å²) in [7, 11) is 0. The third-order valence-electron chi connectivity index (χ3n) is 4.23. The van der Waals surface area contributed by atoms with Crippen molar-refractivity contribution in [3.05, 3.63) is 80.9 Å². The number of hydrogen-bond acceptors (Lipinski definition) is 6. The number of anilines is 1. The molecule has 0 radical (unpaired) electrons. The minimum Gasteiger partial charge on any atom is -0.324 e. The van der Waals surface area contributed by atoms with E-state index in [9.17, 15) is 19.7 Å². The summed E-state index contributed by atoms with van der Waals surface area (Å²) in [6.45, 7) is 3.21. The standard InChI is InChI=1S/C19H17N5O4/c1-12-11-15(24(27)28)3-4-16(12)21-19(26)13(2)23-18(25)6-5-17(22-23)14-7-9-20-10-8-14/h3-11,13H,1-2H3,(H,21,26). The Kier molecular flexibility index (Phi) is 5.25. The van der Waals surface area contributed by atoms with E-state index in [1.54, 1.807) is 44.4 Å². The summed E-state index contributed by atoms with van der Waals surface area (Å²) in [6, 6.07) is 9.69. The van der Waals surface area contributed by atoms with Crippen LogP contribution >= 0.6 is 0 Å². The van der Waals surface area contributed by atoms with Crippen LogP contribution in [0, 0.1) is 17.0 Å². The summed E-state index contributed by atoms with van der Waals surface area (Å²) >= 11 is 0. The number of nitrogens with one attached hydrogen (secondary N) is 1. The molecule has 0 spiro atoms. The highest BCUT2D eigenvalue weighted by atomic mass is 16.6. The molecule has 28 heavy (non-hydrogen) atoms. The highest BCUT2D eigenvalue weighted by molar-refractivity contribution is 5.94. The topological polar surface area (TPSA) is 120 Å². The smallest absolute Gasteiger partial charge is 0.269 e. The Bertz CT molecular complexity index is 1090. The van der Waals surface area contributed by atoms with Crippen LogP contribution in [-0.2, 0) is 4.79 Å². The van der Waals surface area contributed by atoms with Crippen molar-refractivity contribution < 1.29 is 9.72 Å². The number of rotatable bonds is 5. The van der Waals surface area contributed by atoms with Gasteiger partial charge in [0.25, 0.3) is 11.2 Å². The summed E-state index contributed by atoms with van der Waals surface area (Å²) in [5, 5.41) is 17.8. The number of non-ortho nitro benzene ring substituents is 1. The molecule has 2 aromatic heterocycles. The predicted octanol–water partition coefficient (Wildman–Crippen LogP) is 2.72. The van der Waals surface area contributed by atoms with Crippen molar-refractivity contribution >= 4 is 17.3 Å². The second-order valence-electron chi connectivity index (χ2n) is 6.16. The number of aromatic nitrogens is 3. The number of nitro benzene ring substituents is 1. The molecule has 9 heteroatoms. The number of pyridine rings is 1. The van der Waals surface area contributed by atoms with Gasteiger partial charge in [-0.1, -0.05) is 0 Å². The molecule has 9 nitrogen and oxygen atoms in total. The lowest BCUT2D eigenvalue weighted by Crippen LogP contribution is -2.33. The zero-order valence-electron chi connectivity index (χ0n) is 15.2. The third kappa shape index (κ3) is 3.93. The van der Waals surface area contributed by atoms with Crippen LogP contribution in [0.1, 0.15) is 18.5 Å². The van der Waals surface area contributed by atoms with Crippen molar-refractivity contribution in [2.45, 2.75) is 19.9 Å². The minimum absolute atomic E-state index is 0.0634. The van der Waals surface area contributed by atoms with E-state index < -0.39 is 22.4 Å². The quantitative estimate of drug-likeness (QED) is 0.537. The molecule has 142 valence electrons. The molecule has 3 aromatic rings. The first kappa shape index (κ1) is 18.9. The maximum absolute atomic E-state index is 12.6. The van der Waals surface area contributed by atoms with Crippen molar-refractivity contribution in [1.82, 2.24) is 14.8 Å². The van der Waals surface area contributed by atoms with E-state index in [-0.39, 0.29) is 5.69 Å². The Morgan fingerprint density at radius 2 is 1.89 bits per heavy atom. The van der Waals surface area contributed by atoms with E-state index >= 15 is 0 Å². The van der Waals surface area contributed by atoms with Crippen molar-refractivity contribution in [3.8, 4) is 11.3 Å². The molecule has 1 N–H and O–H groups in total. The van der Waals surface area contributed by atoms with E-state index in [0.717, 1.165) is 10.2 Å².